The average Bonchev–Trinajstić information content (AvgIpc) is 2.36. The summed E-state index contributed by atoms with van der Waals surface area (Å²) in [5.41, 5.74) is 1.20. The molecule has 0 radical (unpaired) electrons. The molecule has 0 spiro atoms. The third kappa shape index (κ3) is 6.06. The standard InChI is InChI=1S/C16H27NO3S/c1-13-6-8-15(9-7-13)20-12-14(2)17-10-11-21(18,19)16(3,4)5/h6-9,14,17H,10-12H2,1-5H3. The zero-order valence-electron chi connectivity index (χ0n) is 13.6. The highest BCUT2D eigenvalue weighted by atomic mass is 32.2. The Hall–Kier alpha value is -1.07. The molecule has 0 aliphatic heterocycles. The maximum absolute atomic E-state index is 12.0. The van der Waals surface area contributed by atoms with Crippen molar-refractivity contribution in [3.05, 3.63) is 29.8 Å². The van der Waals surface area contributed by atoms with E-state index in [1.807, 2.05) is 38.1 Å². The third-order valence-electron chi connectivity index (χ3n) is 3.32. The van der Waals surface area contributed by atoms with Crippen molar-refractivity contribution in [3.63, 3.8) is 0 Å². The molecular weight excluding hydrogens is 286 g/mol. The van der Waals surface area contributed by atoms with Crippen LogP contribution in [0.2, 0.25) is 0 Å². The fourth-order valence-electron chi connectivity index (χ4n) is 1.66. The van der Waals surface area contributed by atoms with Gasteiger partial charge in [0, 0.05) is 12.6 Å². The SMILES string of the molecule is Cc1ccc(OCC(C)NCCS(=O)(=O)C(C)(C)C)cc1. The molecule has 1 aromatic carbocycles. The van der Waals surface area contributed by atoms with Gasteiger partial charge in [0.1, 0.15) is 12.4 Å². The predicted octanol–water partition coefficient (Wildman–Crippen LogP) is 2.57. The minimum atomic E-state index is -3.07. The lowest BCUT2D eigenvalue weighted by Crippen LogP contribution is -2.39. The van der Waals surface area contributed by atoms with Gasteiger partial charge >= 0.3 is 0 Å². The van der Waals surface area contributed by atoms with Gasteiger partial charge in [-0.3, -0.25) is 0 Å². The smallest absolute Gasteiger partial charge is 0.156 e. The molecule has 0 heterocycles. The van der Waals surface area contributed by atoms with Gasteiger partial charge in [-0.25, -0.2) is 8.42 Å². The van der Waals surface area contributed by atoms with E-state index in [-0.39, 0.29) is 11.8 Å². The van der Waals surface area contributed by atoms with Crippen LogP contribution in [0.15, 0.2) is 24.3 Å². The lowest BCUT2D eigenvalue weighted by Gasteiger charge is -2.20. The summed E-state index contributed by atoms with van der Waals surface area (Å²) in [7, 11) is -3.07. The van der Waals surface area contributed by atoms with Crippen LogP contribution in [0.5, 0.6) is 5.75 Å². The van der Waals surface area contributed by atoms with Crippen molar-refractivity contribution in [2.75, 3.05) is 18.9 Å². The maximum atomic E-state index is 12.0. The molecule has 120 valence electrons. The fraction of sp³-hybridized carbons (Fsp3) is 0.625. The third-order valence-corrected chi connectivity index (χ3v) is 5.93. The van der Waals surface area contributed by atoms with E-state index in [1.54, 1.807) is 20.8 Å². The average molecular weight is 313 g/mol. The van der Waals surface area contributed by atoms with Crippen LogP contribution in [0, 0.1) is 6.92 Å². The number of rotatable bonds is 7. The Kier molecular flexibility index (Phi) is 6.23. The van der Waals surface area contributed by atoms with Crippen LogP contribution in [0.25, 0.3) is 0 Å². The Morgan fingerprint density at radius 1 is 1.19 bits per heavy atom. The van der Waals surface area contributed by atoms with Gasteiger partial charge in [0.2, 0.25) is 0 Å². The molecule has 1 atom stereocenters. The highest BCUT2D eigenvalue weighted by molar-refractivity contribution is 7.92. The lowest BCUT2D eigenvalue weighted by molar-refractivity contribution is 0.275. The van der Waals surface area contributed by atoms with Gasteiger partial charge < -0.3 is 10.1 Å². The second-order valence-corrected chi connectivity index (χ2v) is 9.27. The molecular formula is C16H27NO3S. The van der Waals surface area contributed by atoms with Crippen molar-refractivity contribution < 1.29 is 13.2 Å². The van der Waals surface area contributed by atoms with Gasteiger partial charge in [-0.1, -0.05) is 17.7 Å². The first-order valence-corrected chi connectivity index (χ1v) is 8.92. The van der Waals surface area contributed by atoms with E-state index in [2.05, 4.69) is 5.32 Å². The number of benzene rings is 1. The molecule has 4 nitrogen and oxygen atoms in total. The van der Waals surface area contributed by atoms with Gasteiger partial charge in [0.25, 0.3) is 0 Å². The van der Waals surface area contributed by atoms with Crippen molar-refractivity contribution in [1.82, 2.24) is 5.32 Å². The van der Waals surface area contributed by atoms with Crippen LogP contribution < -0.4 is 10.1 Å². The summed E-state index contributed by atoms with van der Waals surface area (Å²) in [6, 6.07) is 7.98. The topological polar surface area (TPSA) is 55.4 Å². The monoisotopic (exact) mass is 313 g/mol. The first-order chi connectivity index (χ1) is 9.62. The van der Waals surface area contributed by atoms with Crippen molar-refractivity contribution in [3.8, 4) is 5.75 Å². The largest absolute Gasteiger partial charge is 0.492 e. The lowest BCUT2D eigenvalue weighted by atomic mass is 10.2. The predicted molar refractivity (Wildman–Crippen MR) is 87.7 cm³/mol. The Bertz CT molecular complexity index is 530. The number of sulfone groups is 1. The quantitative estimate of drug-likeness (QED) is 0.840. The van der Waals surface area contributed by atoms with E-state index < -0.39 is 14.6 Å². The molecule has 0 saturated heterocycles. The molecule has 1 N–H and O–H groups in total. The second-order valence-electron chi connectivity index (χ2n) is 6.41. The maximum Gasteiger partial charge on any atom is 0.156 e. The van der Waals surface area contributed by atoms with E-state index in [9.17, 15) is 8.42 Å². The van der Waals surface area contributed by atoms with Crippen molar-refractivity contribution >= 4 is 9.84 Å². The van der Waals surface area contributed by atoms with Gasteiger partial charge in [-0.15, -0.1) is 0 Å². The number of nitrogens with one attached hydrogen (secondary N) is 1. The zero-order chi connectivity index (χ0) is 16.1. The molecule has 1 aromatic rings. The van der Waals surface area contributed by atoms with E-state index in [0.29, 0.717) is 13.2 Å². The normalized spacial score (nSPS) is 14.0. The molecule has 0 bridgehead atoms. The highest BCUT2D eigenvalue weighted by Crippen LogP contribution is 2.15. The zero-order valence-corrected chi connectivity index (χ0v) is 14.5. The van der Waals surface area contributed by atoms with Crippen LogP contribution in [0.3, 0.4) is 0 Å². The molecule has 0 saturated carbocycles. The van der Waals surface area contributed by atoms with E-state index in [1.165, 1.54) is 5.56 Å². The number of hydrogen-bond donors (Lipinski definition) is 1. The molecule has 1 unspecified atom stereocenters. The van der Waals surface area contributed by atoms with Gasteiger partial charge in [-0.2, -0.15) is 0 Å². The molecule has 0 fully saturated rings. The first kappa shape index (κ1) is 18.0. The Morgan fingerprint density at radius 2 is 1.76 bits per heavy atom. The molecule has 5 heteroatoms. The summed E-state index contributed by atoms with van der Waals surface area (Å²) in [6.07, 6.45) is 0. The second kappa shape index (κ2) is 7.27. The number of aryl methyl sites for hydroxylation is 1. The highest BCUT2D eigenvalue weighted by Gasteiger charge is 2.28. The van der Waals surface area contributed by atoms with E-state index in [4.69, 9.17) is 4.74 Å². The van der Waals surface area contributed by atoms with Crippen molar-refractivity contribution in [1.29, 1.82) is 0 Å². The van der Waals surface area contributed by atoms with E-state index in [0.717, 1.165) is 5.75 Å². The van der Waals surface area contributed by atoms with Gasteiger partial charge in [-0.05, 0) is 46.8 Å². The number of ether oxygens (including phenoxy) is 1. The minimum Gasteiger partial charge on any atom is -0.492 e. The molecule has 1 rings (SSSR count). The summed E-state index contributed by atoms with van der Waals surface area (Å²) in [4.78, 5) is 0. The summed E-state index contributed by atoms with van der Waals surface area (Å²) in [6.45, 7) is 10.2. The Balaban J connectivity index is 2.32. The van der Waals surface area contributed by atoms with Gasteiger partial charge in [0.05, 0.1) is 10.5 Å². The molecule has 0 aliphatic rings. The van der Waals surface area contributed by atoms with Crippen LogP contribution in [0.4, 0.5) is 0 Å². The van der Waals surface area contributed by atoms with Crippen LogP contribution in [0.1, 0.15) is 33.3 Å². The summed E-state index contributed by atoms with van der Waals surface area (Å²) in [5.74, 6) is 0.974. The number of hydrogen-bond acceptors (Lipinski definition) is 4. The van der Waals surface area contributed by atoms with Crippen LogP contribution >= 0.6 is 0 Å². The molecule has 21 heavy (non-hydrogen) atoms. The summed E-state index contributed by atoms with van der Waals surface area (Å²) in [5, 5.41) is 3.19. The first-order valence-electron chi connectivity index (χ1n) is 7.27. The minimum absolute atomic E-state index is 0.0986. The summed E-state index contributed by atoms with van der Waals surface area (Å²) < 4.78 is 28.9. The van der Waals surface area contributed by atoms with Crippen molar-refractivity contribution in [2.24, 2.45) is 0 Å². The Morgan fingerprint density at radius 3 is 2.29 bits per heavy atom. The van der Waals surface area contributed by atoms with E-state index >= 15 is 0 Å². The molecule has 0 amide bonds. The summed E-state index contributed by atoms with van der Waals surface area (Å²) >= 11 is 0. The van der Waals surface area contributed by atoms with Crippen molar-refractivity contribution in [2.45, 2.75) is 45.4 Å². The van der Waals surface area contributed by atoms with Crippen LogP contribution in [-0.2, 0) is 9.84 Å². The fourth-order valence-corrected chi connectivity index (χ4v) is 2.66. The van der Waals surface area contributed by atoms with Crippen LogP contribution in [-0.4, -0.2) is 38.1 Å². The Labute approximate surface area is 128 Å². The molecule has 0 aromatic heterocycles. The molecule has 0 aliphatic carbocycles. The van der Waals surface area contributed by atoms with Gasteiger partial charge in [0.15, 0.2) is 9.84 Å².